The van der Waals surface area contributed by atoms with Crippen LogP contribution in [0.15, 0.2) is 4.42 Å². The second-order valence-electron chi connectivity index (χ2n) is 4.33. The third kappa shape index (κ3) is 3.76. The summed E-state index contributed by atoms with van der Waals surface area (Å²) in [4.78, 5) is 4.76. The molecule has 0 aromatic carbocycles. The van der Waals surface area contributed by atoms with Gasteiger partial charge < -0.3 is 9.15 Å². The fourth-order valence-electron chi connectivity index (χ4n) is 1.98. The van der Waals surface area contributed by atoms with Crippen molar-refractivity contribution in [3.8, 4) is 0 Å². The van der Waals surface area contributed by atoms with Crippen LogP contribution in [0.1, 0.15) is 11.8 Å². The van der Waals surface area contributed by atoms with Crippen molar-refractivity contribution < 1.29 is 9.15 Å². The molecule has 1 fully saturated rings. The molecular formula is C11H20N4O2. The monoisotopic (exact) mass is 240 g/mol. The first-order valence-electron chi connectivity index (χ1n) is 6.00. The molecule has 1 saturated heterocycles. The number of methoxy groups -OCH3 is 1. The number of ether oxygens (including phenoxy) is 1. The molecule has 0 saturated carbocycles. The zero-order valence-corrected chi connectivity index (χ0v) is 10.6. The number of hydrogen-bond donors (Lipinski definition) is 0. The Morgan fingerprint density at radius 1 is 1.18 bits per heavy atom. The Bertz CT molecular complexity index is 334. The van der Waals surface area contributed by atoms with Gasteiger partial charge in [-0.2, -0.15) is 0 Å². The van der Waals surface area contributed by atoms with Crippen LogP contribution in [0.5, 0.6) is 0 Å². The highest BCUT2D eigenvalue weighted by Gasteiger charge is 2.18. The average molecular weight is 240 g/mol. The summed E-state index contributed by atoms with van der Waals surface area (Å²) in [6, 6.07) is 0. The van der Waals surface area contributed by atoms with Gasteiger partial charge in [0.25, 0.3) is 0 Å². The molecule has 0 amide bonds. The van der Waals surface area contributed by atoms with Crippen molar-refractivity contribution in [3.05, 3.63) is 11.8 Å². The molecular weight excluding hydrogens is 220 g/mol. The second kappa shape index (κ2) is 6.09. The van der Waals surface area contributed by atoms with Crippen LogP contribution in [0.4, 0.5) is 0 Å². The topological polar surface area (TPSA) is 54.6 Å². The van der Waals surface area contributed by atoms with Gasteiger partial charge in [0.05, 0.1) is 13.2 Å². The van der Waals surface area contributed by atoms with Gasteiger partial charge in [0.15, 0.2) is 0 Å². The third-order valence-corrected chi connectivity index (χ3v) is 3.00. The number of nitrogens with zero attached hydrogens (tertiary/aromatic N) is 4. The largest absolute Gasteiger partial charge is 0.424 e. The van der Waals surface area contributed by atoms with Crippen LogP contribution in [-0.4, -0.2) is 66.4 Å². The van der Waals surface area contributed by atoms with Crippen molar-refractivity contribution in [2.75, 3.05) is 46.4 Å². The highest BCUT2D eigenvalue weighted by atomic mass is 16.5. The smallest absolute Gasteiger partial charge is 0.230 e. The highest BCUT2D eigenvalue weighted by Crippen LogP contribution is 2.07. The number of rotatable bonds is 5. The molecule has 1 aliphatic rings. The fraction of sp³-hybridized carbons (Fsp3) is 0.818. The molecule has 1 aromatic heterocycles. The molecule has 0 aliphatic carbocycles. The lowest BCUT2D eigenvalue weighted by Crippen LogP contribution is -2.46. The fourth-order valence-corrected chi connectivity index (χ4v) is 1.98. The molecule has 0 unspecified atom stereocenters. The van der Waals surface area contributed by atoms with Gasteiger partial charge >= 0.3 is 0 Å². The van der Waals surface area contributed by atoms with Crippen molar-refractivity contribution in [1.29, 1.82) is 0 Å². The minimum Gasteiger partial charge on any atom is -0.424 e. The van der Waals surface area contributed by atoms with Crippen molar-refractivity contribution in [3.63, 3.8) is 0 Å². The van der Waals surface area contributed by atoms with Gasteiger partial charge in [-0.1, -0.05) is 0 Å². The molecule has 6 nitrogen and oxygen atoms in total. The first-order valence-corrected chi connectivity index (χ1v) is 6.00. The maximum atomic E-state index is 5.38. The van der Waals surface area contributed by atoms with E-state index in [0.29, 0.717) is 11.8 Å². The standard InChI is InChI=1S/C11H20N4O2/c1-10-12-13-11(17-10)9-15-5-3-14(4-6-15)7-8-16-2/h3-9H2,1-2H3. The van der Waals surface area contributed by atoms with E-state index in [1.165, 1.54) is 0 Å². The third-order valence-electron chi connectivity index (χ3n) is 3.00. The Kier molecular flexibility index (Phi) is 4.47. The molecule has 0 spiro atoms. The van der Waals surface area contributed by atoms with Gasteiger partial charge in [-0.15, -0.1) is 10.2 Å². The number of aromatic nitrogens is 2. The first kappa shape index (κ1) is 12.5. The molecule has 1 aliphatic heterocycles. The van der Waals surface area contributed by atoms with E-state index >= 15 is 0 Å². The van der Waals surface area contributed by atoms with Crippen LogP contribution >= 0.6 is 0 Å². The van der Waals surface area contributed by atoms with Crippen LogP contribution in [0.25, 0.3) is 0 Å². The maximum absolute atomic E-state index is 5.38. The zero-order valence-electron chi connectivity index (χ0n) is 10.6. The highest BCUT2D eigenvalue weighted by molar-refractivity contribution is 4.81. The van der Waals surface area contributed by atoms with Crippen molar-refractivity contribution >= 4 is 0 Å². The van der Waals surface area contributed by atoms with Crippen LogP contribution in [0.3, 0.4) is 0 Å². The molecule has 0 radical (unpaired) electrons. The van der Waals surface area contributed by atoms with E-state index in [1.807, 2.05) is 6.92 Å². The second-order valence-corrected chi connectivity index (χ2v) is 4.33. The molecule has 0 atom stereocenters. The molecule has 96 valence electrons. The van der Waals surface area contributed by atoms with E-state index in [2.05, 4.69) is 20.0 Å². The summed E-state index contributed by atoms with van der Waals surface area (Å²) in [5.41, 5.74) is 0. The summed E-state index contributed by atoms with van der Waals surface area (Å²) < 4.78 is 10.5. The minimum atomic E-state index is 0.638. The van der Waals surface area contributed by atoms with Crippen LogP contribution in [0, 0.1) is 6.92 Å². The quantitative estimate of drug-likeness (QED) is 0.730. The van der Waals surface area contributed by atoms with Crippen LogP contribution in [0.2, 0.25) is 0 Å². The normalized spacial score (nSPS) is 18.7. The zero-order chi connectivity index (χ0) is 12.1. The SMILES string of the molecule is COCCN1CCN(Cc2nnc(C)o2)CC1. The van der Waals surface area contributed by atoms with Crippen molar-refractivity contribution in [2.45, 2.75) is 13.5 Å². The average Bonchev–Trinajstić information content (AvgIpc) is 2.74. The number of aryl methyl sites for hydroxylation is 1. The Morgan fingerprint density at radius 2 is 1.88 bits per heavy atom. The molecule has 0 bridgehead atoms. The Labute approximate surface area is 102 Å². The van der Waals surface area contributed by atoms with E-state index in [4.69, 9.17) is 9.15 Å². The molecule has 17 heavy (non-hydrogen) atoms. The minimum absolute atomic E-state index is 0.638. The van der Waals surface area contributed by atoms with Gasteiger partial charge in [0.1, 0.15) is 0 Å². The van der Waals surface area contributed by atoms with Crippen molar-refractivity contribution in [1.82, 2.24) is 20.0 Å². The van der Waals surface area contributed by atoms with Crippen LogP contribution in [-0.2, 0) is 11.3 Å². The molecule has 6 heteroatoms. The number of hydrogen-bond acceptors (Lipinski definition) is 6. The van der Waals surface area contributed by atoms with Gasteiger partial charge in [-0.25, -0.2) is 0 Å². The lowest BCUT2D eigenvalue weighted by molar-refractivity contribution is 0.0894. The number of piperazine rings is 1. The Hall–Kier alpha value is -0.980. The Morgan fingerprint density at radius 3 is 2.47 bits per heavy atom. The molecule has 2 heterocycles. The Balaban J connectivity index is 1.72. The van der Waals surface area contributed by atoms with Crippen LogP contribution < -0.4 is 0 Å². The van der Waals surface area contributed by atoms with Gasteiger partial charge in [0.2, 0.25) is 11.8 Å². The molecule has 2 rings (SSSR count). The van der Waals surface area contributed by atoms with Gasteiger partial charge in [0, 0.05) is 46.8 Å². The first-order chi connectivity index (χ1) is 8.28. The predicted octanol–water partition coefficient (Wildman–Crippen LogP) is 0.142. The lowest BCUT2D eigenvalue weighted by atomic mass is 10.3. The summed E-state index contributed by atoms with van der Waals surface area (Å²) >= 11 is 0. The summed E-state index contributed by atoms with van der Waals surface area (Å²) in [7, 11) is 1.74. The molecule has 0 N–H and O–H groups in total. The van der Waals surface area contributed by atoms with Gasteiger partial charge in [-0.3, -0.25) is 9.80 Å². The summed E-state index contributed by atoms with van der Waals surface area (Å²) in [6.07, 6.45) is 0. The summed E-state index contributed by atoms with van der Waals surface area (Å²) in [6.45, 7) is 8.66. The summed E-state index contributed by atoms with van der Waals surface area (Å²) in [5, 5.41) is 7.85. The van der Waals surface area contributed by atoms with E-state index in [0.717, 1.165) is 45.9 Å². The predicted molar refractivity (Wildman–Crippen MR) is 62.6 cm³/mol. The van der Waals surface area contributed by atoms with E-state index in [1.54, 1.807) is 7.11 Å². The molecule has 1 aromatic rings. The van der Waals surface area contributed by atoms with E-state index < -0.39 is 0 Å². The maximum Gasteiger partial charge on any atom is 0.230 e. The van der Waals surface area contributed by atoms with Crippen molar-refractivity contribution in [2.24, 2.45) is 0 Å². The van der Waals surface area contributed by atoms with Gasteiger partial charge in [-0.05, 0) is 0 Å². The lowest BCUT2D eigenvalue weighted by Gasteiger charge is -2.33. The van der Waals surface area contributed by atoms with E-state index in [9.17, 15) is 0 Å². The van der Waals surface area contributed by atoms with E-state index in [-0.39, 0.29) is 0 Å². The summed E-state index contributed by atoms with van der Waals surface area (Å²) in [5.74, 6) is 1.35.